The van der Waals surface area contributed by atoms with Gasteiger partial charge in [0.25, 0.3) is 0 Å². The third-order valence-corrected chi connectivity index (χ3v) is 3.38. The van der Waals surface area contributed by atoms with Crippen LogP contribution >= 0.6 is 0 Å². The number of rotatable bonds is 6. The number of hydrogen-bond acceptors (Lipinski definition) is 2. The Balaban J connectivity index is 2.08. The monoisotopic (exact) mass is 281 g/mol. The molecule has 0 amide bonds. The highest BCUT2D eigenvalue weighted by Crippen LogP contribution is 2.17. The molecule has 2 rings (SSSR count). The summed E-state index contributed by atoms with van der Waals surface area (Å²) < 4.78 is 0. The second kappa shape index (κ2) is 6.86. The summed E-state index contributed by atoms with van der Waals surface area (Å²) in [5.74, 6) is -0.982. The summed E-state index contributed by atoms with van der Waals surface area (Å²) in [5, 5.41) is 9.43. The third-order valence-electron chi connectivity index (χ3n) is 3.38. The first-order valence-electron chi connectivity index (χ1n) is 6.88. The SMILES string of the molecule is N[C@](C/C=C/c1ccccc1)(Cc1ccccc1)C(=O)O. The summed E-state index contributed by atoms with van der Waals surface area (Å²) in [6, 6.07) is 19.2. The summed E-state index contributed by atoms with van der Waals surface area (Å²) in [7, 11) is 0. The van der Waals surface area contributed by atoms with E-state index in [1.807, 2.05) is 72.8 Å². The molecule has 0 saturated carbocycles. The average Bonchev–Trinajstić information content (AvgIpc) is 2.49. The maximum absolute atomic E-state index is 11.5. The molecule has 0 spiro atoms. The Bertz CT molecular complexity index is 608. The maximum atomic E-state index is 11.5. The molecule has 1 atom stereocenters. The molecule has 2 aromatic rings. The summed E-state index contributed by atoms with van der Waals surface area (Å²) in [6.07, 6.45) is 4.32. The van der Waals surface area contributed by atoms with Crippen molar-refractivity contribution in [3.8, 4) is 0 Å². The summed E-state index contributed by atoms with van der Waals surface area (Å²) in [6.45, 7) is 0. The van der Waals surface area contributed by atoms with Gasteiger partial charge in [-0.2, -0.15) is 0 Å². The van der Waals surface area contributed by atoms with Crippen LogP contribution in [0.1, 0.15) is 17.5 Å². The first-order chi connectivity index (χ1) is 10.1. The number of carbonyl (C=O) groups is 1. The fourth-order valence-corrected chi connectivity index (χ4v) is 2.16. The number of aliphatic carboxylic acids is 1. The van der Waals surface area contributed by atoms with Crippen molar-refractivity contribution in [3.63, 3.8) is 0 Å². The minimum atomic E-state index is -1.29. The highest BCUT2D eigenvalue weighted by molar-refractivity contribution is 5.79. The predicted molar refractivity (Wildman–Crippen MR) is 84.8 cm³/mol. The lowest BCUT2D eigenvalue weighted by Crippen LogP contribution is -2.49. The fourth-order valence-electron chi connectivity index (χ4n) is 2.16. The highest BCUT2D eigenvalue weighted by Gasteiger charge is 2.32. The van der Waals surface area contributed by atoms with Crippen LogP contribution in [0.3, 0.4) is 0 Å². The van der Waals surface area contributed by atoms with Crippen LogP contribution in [0.15, 0.2) is 66.7 Å². The summed E-state index contributed by atoms with van der Waals surface area (Å²) in [4.78, 5) is 11.5. The topological polar surface area (TPSA) is 63.3 Å². The molecule has 108 valence electrons. The van der Waals surface area contributed by atoms with Crippen LogP contribution in [0.2, 0.25) is 0 Å². The molecule has 0 aliphatic carbocycles. The molecule has 3 N–H and O–H groups in total. The van der Waals surface area contributed by atoms with E-state index in [9.17, 15) is 9.90 Å². The van der Waals surface area contributed by atoms with Crippen LogP contribution in [-0.2, 0) is 11.2 Å². The summed E-state index contributed by atoms with van der Waals surface area (Å²) >= 11 is 0. The minimum absolute atomic E-state index is 0.284. The van der Waals surface area contributed by atoms with Gasteiger partial charge in [-0.1, -0.05) is 72.8 Å². The van der Waals surface area contributed by atoms with Gasteiger partial charge in [0.1, 0.15) is 5.54 Å². The molecule has 0 aliphatic rings. The van der Waals surface area contributed by atoms with Gasteiger partial charge < -0.3 is 10.8 Å². The van der Waals surface area contributed by atoms with Crippen molar-refractivity contribution in [2.75, 3.05) is 0 Å². The molecule has 0 saturated heterocycles. The molecule has 0 radical (unpaired) electrons. The normalized spacial score (nSPS) is 14.0. The smallest absolute Gasteiger partial charge is 0.324 e. The number of benzene rings is 2. The van der Waals surface area contributed by atoms with Crippen LogP contribution in [-0.4, -0.2) is 16.6 Å². The lowest BCUT2D eigenvalue weighted by atomic mass is 9.88. The first kappa shape index (κ1) is 15.0. The van der Waals surface area contributed by atoms with E-state index in [2.05, 4.69) is 0 Å². The van der Waals surface area contributed by atoms with Crippen molar-refractivity contribution in [1.82, 2.24) is 0 Å². The molecule has 0 unspecified atom stereocenters. The van der Waals surface area contributed by atoms with Crippen LogP contribution in [0.5, 0.6) is 0 Å². The largest absolute Gasteiger partial charge is 0.480 e. The van der Waals surface area contributed by atoms with Crippen molar-refractivity contribution < 1.29 is 9.90 Å². The van der Waals surface area contributed by atoms with E-state index >= 15 is 0 Å². The molecule has 0 aliphatic heterocycles. The van der Waals surface area contributed by atoms with Crippen molar-refractivity contribution in [2.24, 2.45) is 5.73 Å². The Hall–Kier alpha value is -2.39. The zero-order valence-electron chi connectivity index (χ0n) is 11.8. The van der Waals surface area contributed by atoms with Gasteiger partial charge in [0, 0.05) is 6.42 Å². The molecule has 3 nitrogen and oxygen atoms in total. The molecule has 0 heterocycles. The lowest BCUT2D eigenvalue weighted by molar-refractivity contribution is -0.143. The van der Waals surface area contributed by atoms with E-state index in [0.717, 1.165) is 11.1 Å². The maximum Gasteiger partial charge on any atom is 0.324 e. The van der Waals surface area contributed by atoms with Gasteiger partial charge in [-0.05, 0) is 17.5 Å². The lowest BCUT2D eigenvalue weighted by Gasteiger charge is -2.23. The predicted octanol–water partition coefficient (Wildman–Crippen LogP) is 3.11. The van der Waals surface area contributed by atoms with Crippen LogP contribution < -0.4 is 5.73 Å². The van der Waals surface area contributed by atoms with Crippen molar-refractivity contribution in [1.29, 1.82) is 0 Å². The quantitative estimate of drug-likeness (QED) is 0.855. The fraction of sp³-hybridized carbons (Fsp3) is 0.167. The second-order valence-electron chi connectivity index (χ2n) is 5.14. The third kappa shape index (κ3) is 4.29. The number of carboxylic acids is 1. The van der Waals surface area contributed by atoms with Gasteiger partial charge >= 0.3 is 5.97 Å². The Labute approximate surface area is 124 Å². The zero-order chi connectivity index (χ0) is 15.1. The van der Waals surface area contributed by atoms with Crippen molar-refractivity contribution in [3.05, 3.63) is 77.9 Å². The van der Waals surface area contributed by atoms with Gasteiger partial charge in [-0.3, -0.25) is 4.79 Å². The molecule has 0 aromatic heterocycles. The Morgan fingerprint density at radius 1 is 1.05 bits per heavy atom. The Morgan fingerprint density at radius 3 is 2.19 bits per heavy atom. The van der Waals surface area contributed by atoms with Crippen molar-refractivity contribution in [2.45, 2.75) is 18.4 Å². The van der Waals surface area contributed by atoms with E-state index < -0.39 is 11.5 Å². The van der Waals surface area contributed by atoms with Gasteiger partial charge in [0.2, 0.25) is 0 Å². The van der Waals surface area contributed by atoms with E-state index in [-0.39, 0.29) is 6.42 Å². The molecular formula is C18H19NO2. The molecule has 2 aromatic carbocycles. The molecule has 3 heteroatoms. The minimum Gasteiger partial charge on any atom is -0.480 e. The van der Waals surface area contributed by atoms with E-state index in [0.29, 0.717) is 6.42 Å². The van der Waals surface area contributed by atoms with Gasteiger partial charge in [0.15, 0.2) is 0 Å². The van der Waals surface area contributed by atoms with E-state index in [4.69, 9.17) is 5.73 Å². The van der Waals surface area contributed by atoms with Crippen LogP contribution in [0.4, 0.5) is 0 Å². The summed E-state index contributed by atoms with van der Waals surface area (Å²) in [5.41, 5.74) is 6.76. The molecular weight excluding hydrogens is 262 g/mol. The molecule has 0 fully saturated rings. The second-order valence-corrected chi connectivity index (χ2v) is 5.14. The average molecular weight is 281 g/mol. The Morgan fingerprint density at radius 2 is 1.62 bits per heavy atom. The van der Waals surface area contributed by atoms with Gasteiger partial charge in [0.05, 0.1) is 0 Å². The molecule has 21 heavy (non-hydrogen) atoms. The zero-order valence-corrected chi connectivity index (χ0v) is 11.8. The standard InChI is InChI=1S/C18H19NO2/c19-18(17(20)21,14-16-10-5-2-6-11-16)13-7-12-15-8-3-1-4-9-15/h1-12H,13-14,19H2,(H,20,21)/b12-7+/t18-/m1/s1. The number of nitrogens with two attached hydrogens (primary N) is 1. The van der Waals surface area contributed by atoms with Crippen molar-refractivity contribution >= 4 is 12.0 Å². The highest BCUT2D eigenvalue weighted by atomic mass is 16.4. The number of carboxylic acid groups (broad SMARTS) is 1. The van der Waals surface area contributed by atoms with Gasteiger partial charge in [-0.15, -0.1) is 0 Å². The number of hydrogen-bond donors (Lipinski definition) is 2. The van der Waals surface area contributed by atoms with Gasteiger partial charge in [-0.25, -0.2) is 0 Å². The molecule has 0 bridgehead atoms. The van der Waals surface area contributed by atoms with Crippen LogP contribution in [0, 0.1) is 0 Å². The van der Waals surface area contributed by atoms with E-state index in [1.165, 1.54) is 0 Å². The van der Waals surface area contributed by atoms with E-state index in [1.54, 1.807) is 0 Å². The first-order valence-corrected chi connectivity index (χ1v) is 6.88. The Kier molecular flexibility index (Phi) is 4.90. The van der Waals surface area contributed by atoms with Crippen LogP contribution in [0.25, 0.3) is 6.08 Å².